The van der Waals surface area contributed by atoms with Crippen LogP contribution in [0.25, 0.3) is 11.0 Å². The molecule has 3 rings (SSSR count). The number of carbonyl (C=O) groups excluding carboxylic acids is 1. The molecule has 1 amide bonds. The number of amides is 1. The zero-order valence-corrected chi connectivity index (χ0v) is 10.9. The summed E-state index contributed by atoms with van der Waals surface area (Å²) in [7, 11) is 1.84. The van der Waals surface area contributed by atoms with Gasteiger partial charge in [-0.05, 0) is 24.6 Å². The summed E-state index contributed by atoms with van der Waals surface area (Å²) in [5.74, 6) is 0.863. The molecule has 1 saturated heterocycles. The maximum atomic E-state index is 11.9. The molecule has 1 aromatic carbocycles. The van der Waals surface area contributed by atoms with Crippen LogP contribution in [-0.2, 0) is 4.79 Å². The number of aromatic amines is 1. The van der Waals surface area contributed by atoms with Crippen LogP contribution in [0.4, 0.5) is 11.6 Å². The molecule has 0 unspecified atom stereocenters. The van der Waals surface area contributed by atoms with Crippen molar-refractivity contribution >= 4 is 28.6 Å². The highest BCUT2D eigenvalue weighted by Gasteiger charge is 2.21. The number of hydrogen-bond acceptors (Lipinski definition) is 4. The summed E-state index contributed by atoms with van der Waals surface area (Å²) in [5.41, 5.74) is 8.23. The van der Waals surface area contributed by atoms with Gasteiger partial charge in [0.15, 0.2) is 0 Å². The van der Waals surface area contributed by atoms with E-state index >= 15 is 0 Å². The largest absolute Gasteiger partial charge is 0.399 e. The molecular weight excluding hydrogens is 242 g/mol. The number of H-pyrrole nitrogens is 1. The van der Waals surface area contributed by atoms with Crippen molar-refractivity contribution in [1.29, 1.82) is 0 Å². The molecule has 0 aliphatic carbocycles. The Hall–Kier alpha value is -2.24. The van der Waals surface area contributed by atoms with Gasteiger partial charge in [-0.15, -0.1) is 0 Å². The topological polar surface area (TPSA) is 78.2 Å². The lowest BCUT2D eigenvalue weighted by Crippen LogP contribution is -2.34. The fraction of sp³-hybridized carbons (Fsp3) is 0.385. The molecule has 1 aliphatic heterocycles. The van der Waals surface area contributed by atoms with E-state index in [1.807, 2.05) is 30.1 Å². The van der Waals surface area contributed by atoms with Crippen LogP contribution < -0.4 is 10.6 Å². The molecule has 2 heterocycles. The standard InChI is InChI=1S/C13H17N5O/c1-17-5-2-6-18(8-12(17)19)13-15-10-4-3-9(14)7-11(10)16-13/h3-4,7H,2,5-6,8,14H2,1H3,(H,15,16). The first kappa shape index (κ1) is 11.8. The highest BCUT2D eigenvalue weighted by atomic mass is 16.2. The number of nitrogens with one attached hydrogen (secondary N) is 1. The van der Waals surface area contributed by atoms with Crippen LogP contribution in [0.2, 0.25) is 0 Å². The fourth-order valence-corrected chi connectivity index (χ4v) is 2.33. The molecule has 1 aliphatic rings. The molecule has 0 spiro atoms. The molecule has 1 aromatic heterocycles. The average Bonchev–Trinajstić information content (AvgIpc) is 2.72. The second-order valence-electron chi connectivity index (χ2n) is 4.93. The van der Waals surface area contributed by atoms with E-state index in [9.17, 15) is 4.79 Å². The fourth-order valence-electron chi connectivity index (χ4n) is 2.33. The minimum Gasteiger partial charge on any atom is -0.399 e. The first-order valence-corrected chi connectivity index (χ1v) is 6.37. The third-order valence-electron chi connectivity index (χ3n) is 3.47. The zero-order chi connectivity index (χ0) is 13.4. The van der Waals surface area contributed by atoms with Crippen molar-refractivity contribution in [3.05, 3.63) is 18.2 Å². The van der Waals surface area contributed by atoms with Crippen molar-refractivity contribution < 1.29 is 4.79 Å². The molecule has 3 N–H and O–H groups in total. The third kappa shape index (κ3) is 2.21. The molecule has 6 heteroatoms. The summed E-state index contributed by atoms with van der Waals surface area (Å²) < 4.78 is 0. The van der Waals surface area contributed by atoms with Crippen LogP contribution in [0.1, 0.15) is 6.42 Å². The van der Waals surface area contributed by atoms with Crippen molar-refractivity contribution in [2.45, 2.75) is 6.42 Å². The first-order chi connectivity index (χ1) is 9.13. The van der Waals surface area contributed by atoms with Gasteiger partial charge in [0.05, 0.1) is 17.6 Å². The molecule has 100 valence electrons. The van der Waals surface area contributed by atoms with Crippen LogP contribution in [0.3, 0.4) is 0 Å². The number of anilines is 2. The van der Waals surface area contributed by atoms with Gasteiger partial charge in [0.25, 0.3) is 0 Å². The number of likely N-dealkylation sites (N-methyl/N-ethyl adjacent to an activating group) is 1. The summed E-state index contributed by atoms with van der Waals surface area (Å²) in [6.45, 7) is 1.99. The molecule has 0 saturated carbocycles. The van der Waals surface area contributed by atoms with E-state index in [2.05, 4.69) is 9.97 Å². The molecule has 0 atom stereocenters. The van der Waals surface area contributed by atoms with E-state index in [-0.39, 0.29) is 5.91 Å². The van der Waals surface area contributed by atoms with Crippen molar-refractivity contribution in [1.82, 2.24) is 14.9 Å². The quantitative estimate of drug-likeness (QED) is 0.743. The third-order valence-corrected chi connectivity index (χ3v) is 3.47. The second-order valence-corrected chi connectivity index (χ2v) is 4.93. The van der Waals surface area contributed by atoms with E-state index in [1.54, 1.807) is 4.90 Å². The molecule has 2 aromatic rings. The predicted molar refractivity (Wildman–Crippen MR) is 75.0 cm³/mol. The lowest BCUT2D eigenvalue weighted by Gasteiger charge is -2.18. The Labute approximate surface area is 111 Å². The normalized spacial score (nSPS) is 17.0. The first-order valence-electron chi connectivity index (χ1n) is 6.37. The van der Waals surface area contributed by atoms with Crippen molar-refractivity contribution in [2.75, 3.05) is 37.3 Å². The molecule has 6 nitrogen and oxygen atoms in total. The van der Waals surface area contributed by atoms with Gasteiger partial charge in [-0.3, -0.25) is 4.79 Å². The maximum absolute atomic E-state index is 11.9. The minimum atomic E-state index is 0.123. The van der Waals surface area contributed by atoms with Crippen molar-refractivity contribution in [3.8, 4) is 0 Å². The van der Waals surface area contributed by atoms with Crippen molar-refractivity contribution in [3.63, 3.8) is 0 Å². The highest BCUT2D eigenvalue weighted by Crippen LogP contribution is 2.20. The summed E-state index contributed by atoms with van der Waals surface area (Å²) in [6, 6.07) is 5.57. The predicted octanol–water partition coefficient (Wildman–Crippen LogP) is 0.814. The molecular formula is C13H17N5O. The highest BCUT2D eigenvalue weighted by molar-refractivity contribution is 5.84. The number of fused-ring (bicyclic) bond motifs is 1. The van der Waals surface area contributed by atoms with Gasteiger partial charge in [-0.1, -0.05) is 0 Å². The Balaban J connectivity index is 1.92. The van der Waals surface area contributed by atoms with Crippen LogP contribution in [0.15, 0.2) is 18.2 Å². The van der Waals surface area contributed by atoms with E-state index in [0.717, 1.165) is 36.5 Å². The summed E-state index contributed by atoms with van der Waals surface area (Å²) in [5, 5.41) is 0. The maximum Gasteiger partial charge on any atom is 0.241 e. The van der Waals surface area contributed by atoms with Gasteiger partial charge in [0, 0.05) is 25.8 Å². The number of benzene rings is 1. The average molecular weight is 259 g/mol. The number of aromatic nitrogens is 2. The van der Waals surface area contributed by atoms with Gasteiger partial charge >= 0.3 is 0 Å². The van der Waals surface area contributed by atoms with Gasteiger partial charge in [-0.2, -0.15) is 0 Å². The van der Waals surface area contributed by atoms with E-state index in [4.69, 9.17) is 5.73 Å². The number of nitrogens with zero attached hydrogens (tertiary/aromatic N) is 3. The van der Waals surface area contributed by atoms with Crippen LogP contribution >= 0.6 is 0 Å². The van der Waals surface area contributed by atoms with Gasteiger partial charge in [-0.25, -0.2) is 4.98 Å². The Kier molecular flexibility index (Phi) is 2.77. The summed E-state index contributed by atoms with van der Waals surface area (Å²) >= 11 is 0. The SMILES string of the molecule is CN1CCCN(c2nc3ccc(N)cc3[nH]2)CC1=O. The Morgan fingerprint density at radius 3 is 3.05 bits per heavy atom. The van der Waals surface area contributed by atoms with Crippen LogP contribution in [0.5, 0.6) is 0 Å². The number of nitrogens with two attached hydrogens (primary N) is 1. The number of carbonyl (C=O) groups is 1. The van der Waals surface area contributed by atoms with Crippen molar-refractivity contribution in [2.24, 2.45) is 0 Å². The Bertz CT molecular complexity index is 621. The monoisotopic (exact) mass is 259 g/mol. The summed E-state index contributed by atoms with van der Waals surface area (Å²) in [4.78, 5) is 23.4. The lowest BCUT2D eigenvalue weighted by atomic mass is 10.3. The zero-order valence-electron chi connectivity index (χ0n) is 10.9. The molecule has 0 bridgehead atoms. The smallest absolute Gasteiger partial charge is 0.241 e. The number of imidazole rings is 1. The molecule has 19 heavy (non-hydrogen) atoms. The van der Waals surface area contributed by atoms with Gasteiger partial charge < -0.3 is 20.5 Å². The second kappa shape index (κ2) is 4.46. The van der Waals surface area contributed by atoms with Gasteiger partial charge in [0.2, 0.25) is 11.9 Å². The van der Waals surface area contributed by atoms with E-state index < -0.39 is 0 Å². The Morgan fingerprint density at radius 1 is 1.37 bits per heavy atom. The Morgan fingerprint density at radius 2 is 2.21 bits per heavy atom. The van der Waals surface area contributed by atoms with E-state index in [1.165, 1.54) is 0 Å². The number of rotatable bonds is 1. The van der Waals surface area contributed by atoms with Gasteiger partial charge in [0.1, 0.15) is 0 Å². The molecule has 0 radical (unpaired) electrons. The lowest BCUT2D eigenvalue weighted by molar-refractivity contribution is -0.127. The van der Waals surface area contributed by atoms with Crippen LogP contribution in [-0.4, -0.2) is 47.5 Å². The summed E-state index contributed by atoms with van der Waals surface area (Å²) in [6.07, 6.45) is 0.946. The van der Waals surface area contributed by atoms with Crippen LogP contribution in [0, 0.1) is 0 Å². The number of hydrogen-bond donors (Lipinski definition) is 2. The van der Waals surface area contributed by atoms with E-state index in [0.29, 0.717) is 12.2 Å². The minimum absolute atomic E-state index is 0.123. The molecule has 1 fully saturated rings. The number of nitrogen functional groups attached to an aromatic ring is 1.